The topological polar surface area (TPSA) is 78.4 Å². The minimum Gasteiger partial charge on any atom is -0.355 e. The van der Waals surface area contributed by atoms with Crippen LogP contribution in [0.3, 0.4) is 0 Å². The second-order valence-corrected chi connectivity index (χ2v) is 8.88. The van der Waals surface area contributed by atoms with Gasteiger partial charge in [0.25, 0.3) is 0 Å². The van der Waals surface area contributed by atoms with E-state index in [0.717, 1.165) is 50.4 Å². The second-order valence-electron chi connectivity index (χ2n) is 7.95. The maximum Gasteiger partial charge on any atom is 0.228 e. The standard InChI is InChI=1S/C20H29N5O2S/c26-17-9-5-13-25(17)20-23-22-19(28-20)24-12-4-8-16(14-24)18(27)21-11-10-15-6-2-1-3-7-15/h6,16H,1-5,7-14H2,(H,21,27). The number of hydrogen-bond acceptors (Lipinski definition) is 6. The zero-order valence-corrected chi connectivity index (χ0v) is 17.2. The molecule has 4 rings (SSSR count). The van der Waals surface area contributed by atoms with Crippen molar-refractivity contribution in [3.63, 3.8) is 0 Å². The van der Waals surface area contributed by atoms with Gasteiger partial charge in [0.15, 0.2) is 0 Å². The van der Waals surface area contributed by atoms with Crippen molar-refractivity contribution < 1.29 is 9.59 Å². The van der Waals surface area contributed by atoms with Gasteiger partial charge in [-0.15, -0.1) is 10.2 Å². The van der Waals surface area contributed by atoms with E-state index in [2.05, 4.69) is 26.5 Å². The zero-order chi connectivity index (χ0) is 19.3. The molecule has 0 aromatic carbocycles. The Bertz CT molecular complexity index is 747. The number of carbonyl (C=O) groups excluding carboxylic acids is 2. The van der Waals surface area contributed by atoms with Gasteiger partial charge in [0.05, 0.1) is 5.92 Å². The third kappa shape index (κ3) is 4.54. The van der Waals surface area contributed by atoms with Crippen LogP contribution in [-0.2, 0) is 9.59 Å². The Balaban J connectivity index is 1.29. The van der Waals surface area contributed by atoms with Crippen LogP contribution in [0.1, 0.15) is 57.8 Å². The molecule has 0 bridgehead atoms. The smallest absolute Gasteiger partial charge is 0.228 e. The van der Waals surface area contributed by atoms with E-state index in [1.165, 1.54) is 42.6 Å². The number of nitrogens with one attached hydrogen (secondary N) is 1. The van der Waals surface area contributed by atoms with Gasteiger partial charge in [-0.25, -0.2) is 0 Å². The van der Waals surface area contributed by atoms with E-state index in [0.29, 0.717) is 18.1 Å². The van der Waals surface area contributed by atoms with E-state index in [4.69, 9.17) is 0 Å². The molecular formula is C20H29N5O2S. The third-order valence-corrected chi connectivity index (χ3v) is 6.91. The predicted octanol–water partition coefficient (Wildman–Crippen LogP) is 2.89. The number of carbonyl (C=O) groups is 2. The number of piperidine rings is 1. The Hall–Kier alpha value is -1.96. The van der Waals surface area contributed by atoms with Crippen LogP contribution in [0, 0.1) is 5.92 Å². The molecule has 2 fully saturated rings. The Morgan fingerprint density at radius 1 is 1.14 bits per heavy atom. The van der Waals surface area contributed by atoms with Crippen molar-refractivity contribution in [2.75, 3.05) is 36.0 Å². The fourth-order valence-corrected chi connectivity index (χ4v) is 5.21. The van der Waals surface area contributed by atoms with Crippen LogP contribution < -0.4 is 15.1 Å². The average molecular weight is 404 g/mol. The molecule has 7 nitrogen and oxygen atoms in total. The normalized spacial score (nSPS) is 23.1. The lowest BCUT2D eigenvalue weighted by Crippen LogP contribution is -2.43. The van der Waals surface area contributed by atoms with Crippen molar-refractivity contribution in [3.05, 3.63) is 11.6 Å². The summed E-state index contributed by atoms with van der Waals surface area (Å²) in [7, 11) is 0. The highest BCUT2D eigenvalue weighted by Crippen LogP contribution is 2.32. The summed E-state index contributed by atoms with van der Waals surface area (Å²) in [5.41, 5.74) is 1.50. The van der Waals surface area contributed by atoms with E-state index in [1.54, 1.807) is 4.90 Å². The van der Waals surface area contributed by atoms with Crippen LogP contribution in [0.5, 0.6) is 0 Å². The van der Waals surface area contributed by atoms with Crippen molar-refractivity contribution >= 4 is 33.4 Å². The molecule has 1 aliphatic carbocycles. The number of amides is 2. The highest BCUT2D eigenvalue weighted by Gasteiger charge is 2.30. The summed E-state index contributed by atoms with van der Waals surface area (Å²) in [6, 6.07) is 0. The second kappa shape index (κ2) is 9.03. The number of nitrogens with zero attached hydrogens (tertiary/aromatic N) is 4. The van der Waals surface area contributed by atoms with Gasteiger partial charge in [0, 0.05) is 32.6 Å². The van der Waals surface area contributed by atoms with E-state index in [-0.39, 0.29) is 17.7 Å². The molecule has 28 heavy (non-hydrogen) atoms. The van der Waals surface area contributed by atoms with Crippen molar-refractivity contribution in [2.45, 2.75) is 57.8 Å². The maximum absolute atomic E-state index is 12.6. The first-order valence-corrected chi connectivity index (χ1v) is 11.4. The third-order valence-electron chi connectivity index (χ3n) is 5.90. The summed E-state index contributed by atoms with van der Waals surface area (Å²) < 4.78 is 0. The van der Waals surface area contributed by atoms with Crippen molar-refractivity contribution in [1.82, 2.24) is 15.5 Å². The first kappa shape index (κ1) is 19.4. The SMILES string of the molecule is O=C(NCCC1=CCCCC1)C1CCCN(c2nnc(N3CCCC3=O)s2)C1. The first-order chi connectivity index (χ1) is 13.7. The largest absolute Gasteiger partial charge is 0.355 e. The lowest BCUT2D eigenvalue weighted by Gasteiger charge is -2.31. The Morgan fingerprint density at radius 2 is 2.04 bits per heavy atom. The van der Waals surface area contributed by atoms with Crippen molar-refractivity contribution in [2.24, 2.45) is 5.92 Å². The van der Waals surface area contributed by atoms with Crippen molar-refractivity contribution in [1.29, 1.82) is 0 Å². The number of rotatable bonds is 6. The molecule has 0 spiro atoms. The van der Waals surface area contributed by atoms with Gasteiger partial charge in [-0.05, 0) is 51.4 Å². The molecule has 2 amide bonds. The molecule has 3 aliphatic rings. The molecule has 1 unspecified atom stereocenters. The van der Waals surface area contributed by atoms with E-state index >= 15 is 0 Å². The number of allylic oxidation sites excluding steroid dienone is 1. The van der Waals surface area contributed by atoms with Gasteiger partial charge in [-0.1, -0.05) is 23.0 Å². The van der Waals surface area contributed by atoms with E-state index < -0.39 is 0 Å². The minimum absolute atomic E-state index is 0.00476. The van der Waals surface area contributed by atoms with Gasteiger partial charge < -0.3 is 10.2 Å². The highest BCUT2D eigenvalue weighted by atomic mass is 32.1. The van der Waals surface area contributed by atoms with Crippen LogP contribution in [0.15, 0.2) is 11.6 Å². The molecular weight excluding hydrogens is 374 g/mol. The van der Waals surface area contributed by atoms with Crippen LogP contribution in [0.25, 0.3) is 0 Å². The van der Waals surface area contributed by atoms with Crippen LogP contribution in [0.4, 0.5) is 10.3 Å². The fourth-order valence-electron chi connectivity index (χ4n) is 4.28. The first-order valence-electron chi connectivity index (χ1n) is 10.5. The van der Waals surface area contributed by atoms with Gasteiger partial charge >= 0.3 is 0 Å². The molecule has 0 saturated carbocycles. The van der Waals surface area contributed by atoms with E-state index in [1.807, 2.05) is 0 Å². The maximum atomic E-state index is 12.6. The summed E-state index contributed by atoms with van der Waals surface area (Å²) in [6.45, 7) is 3.03. The summed E-state index contributed by atoms with van der Waals surface area (Å²) in [5.74, 6) is 0.280. The molecule has 1 aromatic rings. The van der Waals surface area contributed by atoms with Crippen LogP contribution >= 0.6 is 11.3 Å². The van der Waals surface area contributed by atoms with Gasteiger partial charge in [0.1, 0.15) is 0 Å². The average Bonchev–Trinajstić information content (AvgIpc) is 3.38. The summed E-state index contributed by atoms with van der Waals surface area (Å²) >= 11 is 1.46. The molecule has 2 aliphatic heterocycles. The fraction of sp³-hybridized carbons (Fsp3) is 0.700. The molecule has 0 radical (unpaired) electrons. The Morgan fingerprint density at radius 3 is 2.82 bits per heavy atom. The summed E-state index contributed by atoms with van der Waals surface area (Å²) in [4.78, 5) is 28.4. The monoisotopic (exact) mass is 403 g/mol. The lowest BCUT2D eigenvalue weighted by molar-refractivity contribution is -0.125. The molecule has 152 valence electrons. The van der Waals surface area contributed by atoms with Gasteiger partial charge in [-0.3, -0.25) is 14.5 Å². The highest BCUT2D eigenvalue weighted by molar-refractivity contribution is 7.19. The van der Waals surface area contributed by atoms with Crippen molar-refractivity contribution in [3.8, 4) is 0 Å². The summed E-state index contributed by atoms with van der Waals surface area (Å²) in [6.07, 6.45) is 11.6. The molecule has 8 heteroatoms. The molecule has 1 atom stereocenters. The van der Waals surface area contributed by atoms with Crippen LogP contribution in [-0.4, -0.2) is 48.2 Å². The number of hydrogen-bond donors (Lipinski definition) is 1. The quantitative estimate of drug-likeness (QED) is 0.739. The zero-order valence-electron chi connectivity index (χ0n) is 16.4. The van der Waals surface area contributed by atoms with Gasteiger partial charge in [0.2, 0.25) is 22.1 Å². The molecule has 2 saturated heterocycles. The summed E-state index contributed by atoms with van der Waals surface area (Å²) in [5, 5.41) is 13.2. The Labute approximate surface area is 170 Å². The lowest BCUT2D eigenvalue weighted by atomic mass is 9.96. The number of aromatic nitrogens is 2. The molecule has 3 heterocycles. The molecule has 1 aromatic heterocycles. The number of anilines is 2. The van der Waals surface area contributed by atoms with Crippen LogP contribution in [0.2, 0.25) is 0 Å². The minimum atomic E-state index is -0.00476. The predicted molar refractivity (Wildman–Crippen MR) is 111 cm³/mol. The van der Waals surface area contributed by atoms with Gasteiger partial charge in [-0.2, -0.15) is 0 Å². The molecule has 1 N–H and O–H groups in total. The Kier molecular flexibility index (Phi) is 6.24. The van der Waals surface area contributed by atoms with E-state index in [9.17, 15) is 9.59 Å².